The second kappa shape index (κ2) is 7.52. The largest absolute Gasteiger partial charge is 0.342 e. The second-order valence-electron chi connectivity index (χ2n) is 8.28. The van der Waals surface area contributed by atoms with E-state index in [1.165, 1.54) is 0 Å². The standard InChI is InChI=1S/C21H21F2N5O2/c1-10-3-11(2)9-28(8-10)21-26-18-17(20(30)27-21)16(15(7-24)19(29)25-18)12-4-13(22)6-14(23)5-12/h4-6,10-11,15-16H,3,8-9H2,1-2H3,(H2,25,26,27,29,30). The smallest absolute Gasteiger partial charge is 0.258 e. The number of rotatable bonds is 2. The summed E-state index contributed by atoms with van der Waals surface area (Å²) in [5, 5.41) is 12.1. The van der Waals surface area contributed by atoms with Crippen LogP contribution in [0.2, 0.25) is 0 Å². The van der Waals surface area contributed by atoms with Gasteiger partial charge in [0.25, 0.3) is 5.56 Å². The Kier molecular flexibility index (Phi) is 5.02. The molecule has 1 aromatic carbocycles. The molecular formula is C21H21F2N5O2. The Bertz CT molecular complexity index is 1080. The van der Waals surface area contributed by atoms with Gasteiger partial charge in [-0.3, -0.25) is 14.6 Å². The number of aromatic amines is 1. The molecule has 156 valence electrons. The van der Waals surface area contributed by atoms with Crippen molar-refractivity contribution in [1.82, 2.24) is 9.97 Å². The number of carbonyl (C=O) groups is 1. The molecule has 1 saturated heterocycles. The molecule has 4 unspecified atom stereocenters. The summed E-state index contributed by atoms with van der Waals surface area (Å²) in [6.07, 6.45) is 1.07. The van der Waals surface area contributed by atoms with Gasteiger partial charge in [0.2, 0.25) is 11.9 Å². The Morgan fingerprint density at radius 3 is 2.37 bits per heavy atom. The zero-order valence-corrected chi connectivity index (χ0v) is 16.6. The molecule has 2 aromatic rings. The number of amides is 1. The molecule has 0 radical (unpaired) electrons. The average molecular weight is 413 g/mol. The first-order valence-corrected chi connectivity index (χ1v) is 9.82. The van der Waals surface area contributed by atoms with Gasteiger partial charge in [0.1, 0.15) is 23.4 Å². The van der Waals surface area contributed by atoms with Crippen LogP contribution in [0.1, 0.15) is 37.3 Å². The molecule has 0 spiro atoms. The van der Waals surface area contributed by atoms with Crippen LogP contribution in [-0.4, -0.2) is 29.0 Å². The summed E-state index contributed by atoms with van der Waals surface area (Å²) in [6, 6.07) is 4.60. The first-order valence-electron chi connectivity index (χ1n) is 9.82. The fourth-order valence-electron chi connectivity index (χ4n) is 4.60. The van der Waals surface area contributed by atoms with Crippen molar-refractivity contribution in [1.29, 1.82) is 5.26 Å². The van der Waals surface area contributed by atoms with Crippen LogP contribution < -0.4 is 15.8 Å². The molecule has 7 nitrogen and oxygen atoms in total. The predicted octanol–water partition coefficient (Wildman–Crippen LogP) is 2.75. The number of fused-ring (bicyclic) bond motifs is 1. The summed E-state index contributed by atoms with van der Waals surface area (Å²) in [4.78, 5) is 34.8. The lowest BCUT2D eigenvalue weighted by Gasteiger charge is -2.36. The summed E-state index contributed by atoms with van der Waals surface area (Å²) in [7, 11) is 0. The minimum Gasteiger partial charge on any atom is -0.342 e. The van der Waals surface area contributed by atoms with E-state index in [1.807, 2.05) is 11.0 Å². The number of hydrogen-bond acceptors (Lipinski definition) is 5. The number of piperidine rings is 1. The number of H-pyrrole nitrogens is 1. The molecule has 2 aliphatic rings. The lowest BCUT2D eigenvalue weighted by molar-refractivity contribution is -0.119. The Labute approximate surface area is 171 Å². The van der Waals surface area contributed by atoms with Crippen molar-refractivity contribution in [2.45, 2.75) is 26.2 Å². The van der Waals surface area contributed by atoms with Gasteiger partial charge < -0.3 is 10.2 Å². The molecule has 1 fully saturated rings. The summed E-state index contributed by atoms with van der Waals surface area (Å²) in [5.41, 5.74) is -0.487. The van der Waals surface area contributed by atoms with Crippen molar-refractivity contribution >= 4 is 17.7 Å². The number of aromatic nitrogens is 2. The monoisotopic (exact) mass is 413 g/mol. The van der Waals surface area contributed by atoms with E-state index >= 15 is 0 Å². The number of nitriles is 1. The molecule has 3 heterocycles. The predicted molar refractivity (Wildman–Crippen MR) is 106 cm³/mol. The Balaban J connectivity index is 1.84. The topological polar surface area (TPSA) is 102 Å². The molecule has 0 bridgehead atoms. The maximum absolute atomic E-state index is 13.8. The fraction of sp³-hybridized carbons (Fsp3) is 0.429. The van der Waals surface area contributed by atoms with Gasteiger partial charge in [-0.15, -0.1) is 0 Å². The number of carbonyl (C=O) groups excluding carboxylic acids is 1. The van der Waals surface area contributed by atoms with E-state index in [0.29, 0.717) is 36.9 Å². The lowest BCUT2D eigenvalue weighted by atomic mass is 9.79. The zero-order chi connectivity index (χ0) is 21.6. The van der Waals surface area contributed by atoms with E-state index in [4.69, 9.17) is 0 Å². The lowest BCUT2D eigenvalue weighted by Crippen LogP contribution is -2.43. The molecule has 2 N–H and O–H groups in total. The van der Waals surface area contributed by atoms with Crippen LogP contribution in [-0.2, 0) is 4.79 Å². The molecule has 2 aliphatic heterocycles. The molecular weight excluding hydrogens is 392 g/mol. The van der Waals surface area contributed by atoms with E-state index in [-0.39, 0.29) is 16.9 Å². The van der Waals surface area contributed by atoms with E-state index in [0.717, 1.165) is 18.6 Å². The summed E-state index contributed by atoms with van der Waals surface area (Å²) < 4.78 is 27.7. The van der Waals surface area contributed by atoms with Crippen LogP contribution >= 0.6 is 0 Å². The van der Waals surface area contributed by atoms with Gasteiger partial charge in [-0.05, 0) is 36.0 Å². The number of nitrogens with one attached hydrogen (secondary N) is 2. The number of hydrogen-bond donors (Lipinski definition) is 2. The minimum atomic E-state index is -1.32. The number of anilines is 2. The molecule has 0 saturated carbocycles. The van der Waals surface area contributed by atoms with Gasteiger partial charge in [-0.2, -0.15) is 10.2 Å². The van der Waals surface area contributed by atoms with Gasteiger partial charge in [-0.25, -0.2) is 8.78 Å². The molecule has 30 heavy (non-hydrogen) atoms. The molecule has 0 aliphatic carbocycles. The third kappa shape index (κ3) is 3.54. The highest BCUT2D eigenvalue weighted by molar-refractivity contribution is 5.97. The highest BCUT2D eigenvalue weighted by Gasteiger charge is 2.41. The van der Waals surface area contributed by atoms with E-state index in [2.05, 4.69) is 29.1 Å². The highest BCUT2D eigenvalue weighted by atomic mass is 19.1. The van der Waals surface area contributed by atoms with Crippen LogP contribution in [0.25, 0.3) is 0 Å². The van der Waals surface area contributed by atoms with Crippen LogP contribution in [0.4, 0.5) is 20.5 Å². The third-order valence-electron chi connectivity index (χ3n) is 5.66. The maximum atomic E-state index is 13.8. The SMILES string of the molecule is CC1CC(C)CN(c2nc3c(c(=O)[nH]2)C(c2cc(F)cc(F)c2)C(C#N)C(=O)N3)C1. The molecule has 9 heteroatoms. The quantitative estimate of drug-likeness (QED) is 0.788. The Morgan fingerprint density at radius 2 is 1.77 bits per heavy atom. The van der Waals surface area contributed by atoms with E-state index < -0.39 is 34.9 Å². The minimum absolute atomic E-state index is 0.0193. The number of benzene rings is 1. The number of halogens is 2. The summed E-state index contributed by atoms with van der Waals surface area (Å²) in [5.74, 6) is -3.65. The molecule has 4 atom stereocenters. The van der Waals surface area contributed by atoms with Gasteiger partial charge in [0.05, 0.1) is 11.6 Å². The van der Waals surface area contributed by atoms with Crippen molar-refractivity contribution in [2.24, 2.45) is 17.8 Å². The average Bonchev–Trinajstić information content (AvgIpc) is 2.65. The zero-order valence-electron chi connectivity index (χ0n) is 16.6. The van der Waals surface area contributed by atoms with E-state index in [1.54, 1.807) is 0 Å². The van der Waals surface area contributed by atoms with Crippen LogP contribution in [0, 0.1) is 40.7 Å². The Hall–Kier alpha value is -3.28. The highest BCUT2D eigenvalue weighted by Crippen LogP contribution is 2.39. The van der Waals surface area contributed by atoms with Crippen molar-refractivity contribution in [2.75, 3.05) is 23.3 Å². The summed E-state index contributed by atoms with van der Waals surface area (Å²) >= 11 is 0. The van der Waals surface area contributed by atoms with Crippen LogP contribution in [0.5, 0.6) is 0 Å². The second-order valence-corrected chi connectivity index (χ2v) is 8.28. The Morgan fingerprint density at radius 1 is 1.13 bits per heavy atom. The van der Waals surface area contributed by atoms with Crippen molar-refractivity contribution in [3.05, 3.63) is 51.3 Å². The van der Waals surface area contributed by atoms with Gasteiger partial charge in [-0.1, -0.05) is 13.8 Å². The van der Waals surface area contributed by atoms with Crippen molar-refractivity contribution in [3.63, 3.8) is 0 Å². The first-order chi connectivity index (χ1) is 14.3. The van der Waals surface area contributed by atoms with Crippen molar-refractivity contribution in [3.8, 4) is 6.07 Å². The first kappa shape index (κ1) is 20.0. The maximum Gasteiger partial charge on any atom is 0.258 e. The van der Waals surface area contributed by atoms with Crippen LogP contribution in [0.15, 0.2) is 23.0 Å². The fourth-order valence-corrected chi connectivity index (χ4v) is 4.60. The molecule has 4 rings (SSSR count). The number of nitrogens with zero attached hydrogens (tertiary/aromatic N) is 3. The molecule has 1 aromatic heterocycles. The van der Waals surface area contributed by atoms with E-state index in [9.17, 15) is 23.6 Å². The summed E-state index contributed by atoms with van der Waals surface area (Å²) in [6.45, 7) is 5.65. The van der Waals surface area contributed by atoms with Gasteiger partial charge >= 0.3 is 0 Å². The third-order valence-corrected chi connectivity index (χ3v) is 5.66. The van der Waals surface area contributed by atoms with Crippen LogP contribution in [0.3, 0.4) is 0 Å². The normalized spacial score (nSPS) is 26.0. The van der Waals surface area contributed by atoms with Gasteiger partial charge in [0.15, 0.2) is 0 Å². The molecule has 1 amide bonds. The van der Waals surface area contributed by atoms with Gasteiger partial charge in [0, 0.05) is 25.1 Å². The van der Waals surface area contributed by atoms with Crippen molar-refractivity contribution < 1.29 is 13.6 Å².